The molecule has 1 aliphatic heterocycles. The maximum Gasteiger partial charge on any atom is 0.342 e. The summed E-state index contributed by atoms with van der Waals surface area (Å²) in [6.45, 7) is 7.32. The van der Waals surface area contributed by atoms with E-state index in [2.05, 4.69) is 13.8 Å². The molecule has 1 aromatic rings. The smallest absolute Gasteiger partial charge is 0.342 e. The van der Waals surface area contributed by atoms with Crippen molar-refractivity contribution in [3.05, 3.63) is 34.4 Å². The minimum absolute atomic E-state index is 0.137. The molecule has 0 saturated heterocycles. The molecule has 0 amide bonds. The number of fused-ring (bicyclic) bond motifs is 1. The molecule has 1 heterocycles. The number of carbonyl (C=O) groups is 3. The largest absolute Gasteiger partial charge is 0.421 e. The third-order valence-corrected chi connectivity index (χ3v) is 5.44. The lowest BCUT2D eigenvalue weighted by atomic mass is 9.70. The highest BCUT2D eigenvalue weighted by Gasteiger charge is 2.38. The first kappa shape index (κ1) is 18.6. The Labute approximate surface area is 154 Å². The molecule has 5 nitrogen and oxygen atoms in total. The van der Waals surface area contributed by atoms with Gasteiger partial charge in [-0.1, -0.05) is 32.8 Å². The van der Waals surface area contributed by atoms with Crippen LogP contribution in [0.1, 0.15) is 91.5 Å². The predicted octanol–water partition coefficient (Wildman–Crippen LogP) is 4.38. The molecular formula is C21H26O5. The van der Waals surface area contributed by atoms with Crippen molar-refractivity contribution in [1.82, 2.24) is 0 Å². The van der Waals surface area contributed by atoms with Gasteiger partial charge in [-0.2, -0.15) is 0 Å². The van der Waals surface area contributed by atoms with E-state index in [-0.39, 0.29) is 5.78 Å². The summed E-state index contributed by atoms with van der Waals surface area (Å²) in [6.07, 6.45) is 4.33. The summed E-state index contributed by atoms with van der Waals surface area (Å²) in [6, 6.07) is 3.55. The van der Waals surface area contributed by atoms with Crippen LogP contribution in [0, 0.1) is 11.3 Å². The van der Waals surface area contributed by atoms with E-state index in [1.807, 2.05) is 6.07 Å². The predicted molar refractivity (Wildman–Crippen MR) is 95.8 cm³/mol. The van der Waals surface area contributed by atoms with E-state index >= 15 is 0 Å². The molecule has 2 aliphatic rings. The van der Waals surface area contributed by atoms with Crippen LogP contribution in [-0.4, -0.2) is 17.7 Å². The second-order valence-corrected chi connectivity index (χ2v) is 8.29. The fourth-order valence-electron chi connectivity index (χ4n) is 4.47. The standard InChI is InChI=1S/C21H26O5/c1-12(22)17-15(10-14-6-5-9-21(3,4)11-14)7-8-16-18(17)20(25-13(2)23)26-19(16)24/h7-8,14,20H,5-6,9-11H2,1-4H3. The van der Waals surface area contributed by atoms with Gasteiger partial charge in [0.1, 0.15) is 0 Å². The van der Waals surface area contributed by atoms with Gasteiger partial charge in [0.2, 0.25) is 0 Å². The van der Waals surface area contributed by atoms with Gasteiger partial charge in [0.25, 0.3) is 6.29 Å². The zero-order chi connectivity index (χ0) is 19.1. The molecule has 0 N–H and O–H groups in total. The highest BCUT2D eigenvalue weighted by molar-refractivity contribution is 6.03. The van der Waals surface area contributed by atoms with Crippen LogP contribution in [0.25, 0.3) is 0 Å². The fourth-order valence-corrected chi connectivity index (χ4v) is 4.47. The lowest BCUT2D eigenvalue weighted by Crippen LogP contribution is -2.24. The number of cyclic esters (lactones) is 1. The van der Waals surface area contributed by atoms with Crippen molar-refractivity contribution in [3.8, 4) is 0 Å². The average Bonchev–Trinajstić information content (AvgIpc) is 2.81. The lowest BCUT2D eigenvalue weighted by Gasteiger charge is -2.35. The van der Waals surface area contributed by atoms with Crippen LogP contribution in [0.3, 0.4) is 0 Å². The van der Waals surface area contributed by atoms with E-state index in [1.54, 1.807) is 6.07 Å². The molecule has 26 heavy (non-hydrogen) atoms. The van der Waals surface area contributed by atoms with Crippen molar-refractivity contribution in [3.63, 3.8) is 0 Å². The maximum atomic E-state index is 12.4. The molecule has 2 unspecified atom stereocenters. The van der Waals surface area contributed by atoms with Gasteiger partial charge in [0.15, 0.2) is 5.78 Å². The Kier molecular flexibility index (Phi) is 4.91. The molecule has 1 saturated carbocycles. The molecule has 0 spiro atoms. The second-order valence-electron chi connectivity index (χ2n) is 8.29. The summed E-state index contributed by atoms with van der Waals surface area (Å²) in [5.74, 6) is -0.744. The van der Waals surface area contributed by atoms with Gasteiger partial charge in [-0.3, -0.25) is 9.59 Å². The Morgan fingerprint density at radius 3 is 2.62 bits per heavy atom. The van der Waals surface area contributed by atoms with E-state index in [4.69, 9.17) is 9.47 Å². The van der Waals surface area contributed by atoms with Crippen LogP contribution < -0.4 is 0 Å². The third kappa shape index (κ3) is 3.67. The van der Waals surface area contributed by atoms with E-state index in [0.29, 0.717) is 28.0 Å². The summed E-state index contributed by atoms with van der Waals surface area (Å²) in [4.78, 5) is 35.9. The summed E-state index contributed by atoms with van der Waals surface area (Å²) < 4.78 is 10.3. The molecule has 1 aliphatic carbocycles. The Morgan fingerprint density at radius 2 is 2.00 bits per heavy atom. The van der Waals surface area contributed by atoms with Gasteiger partial charge in [0, 0.05) is 12.5 Å². The fraction of sp³-hybridized carbons (Fsp3) is 0.571. The number of benzene rings is 1. The number of carbonyl (C=O) groups excluding carboxylic acids is 3. The molecule has 140 valence electrons. The van der Waals surface area contributed by atoms with Crippen LogP contribution in [0.15, 0.2) is 12.1 Å². The average molecular weight is 358 g/mol. The van der Waals surface area contributed by atoms with E-state index in [1.165, 1.54) is 26.7 Å². The van der Waals surface area contributed by atoms with Gasteiger partial charge in [0.05, 0.1) is 11.1 Å². The molecule has 1 fully saturated rings. The molecule has 0 aromatic heterocycles. The second kappa shape index (κ2) is 6.86. The Hall–Kier alpha value is -2.17. The molecule has 1 aromatic carbocycles. The third-order valence-electron chi connectivity index (χ3n) is 5.44. The number of Topliss-reactive ketones (excluding diaryl/α,β-unsaturated/α-hetero) is 1. The normalized spacial score (nSPS) is 23.9. The van der Waals surface area contributed by atoms with Crippen LogP contribution in [-0.2, 0) is 20.7 Å². The zero-order valence-electron chi connectivity index (χ0n) is 15.9. The minimum Gasteiger partial charge on any atom is -0.421 e. The number of hydrogen-bond acceptors (Lipinski definition) is 5. The van der Waals surface area contributed by atoms with E-state index < -0.39 is 18.2 Å². The van der Waals surface area contributed by atoms with Crippen LogP contribution in [0.2, 0.25) is 0 Å². The monoisotopic (exact) mass is 358 g/mol. The number of esters is 2. The molecular weight excluding hydrogens is 332 g/mol. The van der Waals surface area contributed by atoms with Crippen molar-refractivity contribution in [1.29, 1.82) is 0 Å². The quantitative estimate of drug-likeness (QED) is 0.590. The molecule has 0 radical (unpaired) electrons. The highest BCUT2D eigenvalue weighted by atomic mass is 16.7. The van der Waals surface area contributed by atoms with Gasteiger partial charge in [-0.15, -0.1) is 0 Å². The minimum atomic E-state index is -1.13. The van der Waals surface area contributed by atoms with Gasteiger partial charge in [-0.25, -0.2) is 4.79 Å². The maximum absolute atomic E-state index is 12.4. The summed E-state index contributed by atoms with van der Waals surface area (Å²) >= 11 is 0. The van der Waals surface area contributed by atoms with Crippen LogP contribution in [0.4, 0.5) is 0 Å². The van der Waals surface area contributed by atoms with Gasteiger partial charge >= 0.3 is 11.9 Å². The lowest BCUT2D eigenvalue weighted by molar-refractivity contribution is -0.164. The van der Waals surface area contributed by atoms with Crippen molar-refractivity contribution in [2.75, 3.05) is 0 Å². The number of ketones is 1. The van der Waals surface area contributed by atoms with Crippen molar-refractivity contribution >= 4 is 17.7 Å². The summed E-state index contributed by atoms with van der Waals surface area (Å²) in [5.41, 5.74) is 2.42. The highest BCUT2D eigenvalue weighted by Crippen LogP contribution is 2.42. The van der Waals surface area contributed by atoms with Gasteiger partial charge < -0.3 is 9.47 Å². The van der Waals surface area contributed by atoms with Crippen molar-refractivity contribution in [2.24, 2.45) is 11.3 Å². The zero-order valence-corrected chi connectivity index (χ0v) is 15.9. The van der Waals surface area contributed by atoms with Crippen LogP contribution in [0.5, 0.6) is 0 Å². The number of rotatable bonds is 4. The van der Waals surface area contributed by atoms with Crippen molar-refractivity contribution < 1.29 is 23.9 Å². The van der Waals surface area contributed by atoms with E-state index in [9.17, 15) is 14.4 Å². The Morgan fingerprint density at radius 1 is 1.27 bits per heavy atom. The molecule has 2 atom stereocenters. The number of hydrogen-bond donors (Lipinski definition) is 0. The topological polar surface area (TPSA) is 69.7 Å². The van der Waals surface area contributed by atoms with E-state index in [0.717, 1.165) is 24.8 Å². The molecule has 5 heteroatoms. The number of ether oxygens (including phenoxy) is 2. The van der Waals surface area contributed by atoms with Gasteiger partial charge in [-0.05, 0) is 49.1 Å². The Bertz CT molecular complexity index is 760. The Balaban J connectivity index is 1.98. The van der Waals surface area contributed by atoms with Crippen LogP contribution >= 0.6 is 0 Å². The molecule has 0 bridgehead atoms. The first-order chi connectivity index (χ1) is 12.2. The first-order valence-electron chi connectivity index (χ1n) is 9.23. The molecule has 3 rings (SSSR count). The SMILES string of the molecule is CC(=O)OC1OC(=O)c2ccc(CC3CCCC(C)(C)C3)c(C(C)=O)c21. The summed E-state index contributed by atoms with van der Waals surface area (Å²) in [5, 5.41) is 0. The summed E-state index contributed by atoms with van der Waals surface area (Å²) in [7, 11) is 0. The first-order valence-corrected chi connectivity index (χ1v) is 9.23. The van der Waals surface area contributed by atoms with Crippen molar-refractivity contribution in [2.45, 2.75) is 66.1 Å².